The normalized spacial score (nSPS) is 22.2. The molecule has 0 aromatic rings. The fourth-order valence-corrected chi connectivity index (χ4v) is 1.81. The van der Waals surface area contributed by atoms with Crippen molar-refractivity contribution < 1.29 is 4.21 Å². The van der Waals surface area contributed by atoms with Gasteiger partial charge in [0, 0.05) is 23.8 Å². The second-order valence-corrected chi connectivity index (χ2v) is 6.50. The Balaban J connectivity index is 2.97. The first-order valence-corrected chi connectivity index (χ1v) is 6.20. The highest BCUT2D eigenvalue weighted by Crippen LogP contribution is 2.26. The molecular formula is C9H16N2OS. The van der Waals surface area contributed by atoms with E-state index in [4.69, 9.17) is 4.78 Å². The minimum absolute atomic E-state index is 0.0168. The Morgan fingerprint density at radius 3 is 2.31 bits per heavy atom. The molecular weight excluding hydrogens is 184 g/mol. The van der Waals surface area contributed by atoms with Crippen LogP contribution in [0.3, 0.4) is 0 Å². The number of nitrogens with one attached hydrogen (secondary N) is 1. The van der Waals surface area contributed by atoms with Crippen molar-refractivity contribution in [2.24, 2.45) is 10.4 Å². The van der Waals surface area contributed by atoms with E-state index in [1.807, 2.05) is 0 Å². The molecule has 4 heteroatoms. The fourth-order valence-electron chi connectivity index (χ4n) is 1.13. The maximum Gasteiger partial charge on any atom is 0.131 e. The lowest BCUT2D eigenvalue weighted by Gasteiger charge is -2.17. The monoisotopic (exact) mass is 200 g/mol. The van der Waals surface area contributed by atoms with E-state index in [0.29, 0.717) is 5.03 Å². The molecule has 1 atom stereocenters. The van der Waals surface area contributed by atoms with Gasteiger partial charge >= 0.3 is 0 Å². The summed E-state index contributed by atoms with van der Waals surface area (Å²) in [6.07, 6.45) is 3.95. The Bertz CT molecular complexity index is 369. The van der Waals surface area contributed by atoms with Gasteiger partial charge in [-0.1, -0.05) is 20.8 Å². The number of hydrogen-bond donors (Lipinski definition) is 1. The van der Waals surface area contributed by atoms with Gasteiger partial charge in [-0.25, -0.2) is 14.0 Å². The summed E-state index contributed by atoms with van der Waals surface area (Å²) in [4.78, 5) is 4.25. The van der Waals surface area contributed by atoms with Crippen LogP contribution in [0.15, 0.2) is 16.1 Å². The molecule has 1 aliphatic heterocycles. The highest BCUT2D eigenvalue weighted by atomic mass is 32.2. The number of nitrogens with zero attached hydrogens (tertiary/aromatic N) is 1. The van der Waals surface area contributed by atoms with Crippen LogP contribution in [0, 0.1) is 10.2 Å². The number of allylic oxidation sites excluding steroid dienone is 1. The number of hydrogen-bond acceptors (Lipinski definition) is 3. The lowest BCUT2D eigenvalue weighted by atomic mass is 9.89. The van der Waals surface area contributed by atoms with E-state index in [2.05, 4.69) is 25.8 Å². The van der Waals surface area contributed by atoms with Gasteiger partial charge in [-0.15, -0.1) is 0 Å². The zero-order valence-corrected chi connectivity index (χ0v) is 9.36. The SMILES string of the molecule is CC(C)(C)C1=NC(S(C)(=N)=O)=CC1. The molecule has 74 valence electrons. The van der Waals surface area contributed by atoms with E-state index in [1.54, 1.807) is 6.08 Å². The minimum Gasteiger partial charge on any atom is -0.248 e. The molecule has 0 radical (unpaired) electrons. The van der Waals surface area contributed by atoms with Crippen molar-refractivity contribution in [3.05, 3.63) is 11.1 Å². The summed E-state index contributed by atoms with van der Waals surface area (Å²) < 4.78 is 18.7. The van der Waals surface area contributed by atoms with Gasteiger partial charge in [-0.05, 0) is 6.08 Å². The Morgan fingerprint density at radius 1 is 1.54 bits per heavy atom. The van der Waals surface area contributed by atoms with Gasteiger partial charge in [0.1, 0.15) is 5.03 Å². The molecule has 1 heterocycles. The first-order valence-electron chi connectivity index (χ1n) is 4.23. The minimum atomic E-state index is -2.62. The molecule has 0 amide bonds. The first-order chi connectivity index (χ1) is 5.71. The van der Waals surface area contributed by atoms with E-state index in [-0.39, 0.29) is 5.41 Å². The lowest BCUT2D eigenvalue weighted by molar-refractivity contribution is 0.585. The quantitative estimate of drug-likeness (QED) is 0.694. The van der Waals surface area contributed by atoms with Crippen LogP contribution in [-0.4, -0.2) is 16.2 Å². The predicted octanol–water partition coefficient (Wildman–Crippen LogP) is 2.40. The average molecular weight is 200 g/mol. The summed E-state index contributed by atoms with van der Waals surface area (Å²) >= 11 is 0. The fraction of sp³-hybridized carbons (Fsp3) is 0.667. The molecule has 0 spiro atoms. The maximum absolute atomic E-state index is 11.4. The predicted molar refractivity (Wildman–Crippen MR) is 56.4 cm³/mol. The zero-order valence-electron chi connectivity index (χ0n) is 8.55. The molecule has 0 aromatic carbocycles. The Kier molecular flexibility index (Phi) is 2.36. The molecule has 13 heavy (non-hydrogen) atoms. The highest BCUT2D eigenvalue weighted by molar-refractivity contribution is 7.95. The van der Waals surface area contributed by atoms with E-state index >= 15 is 0 Å². The van der Waals surface area contributed by atoms with E-state index in [9.17, 15) is 4.21 Å². The summed E-state index contributed by atoms with van der Waals surface area (Å²) in [5.74, 6) is 0. The van der Waals surface area contributed by atoms with Crippen LogP contribution in [-0.2, 0) is 9.73 Å². The molecule has 0 aliphatic carbocycles. The van der Waals surface area contributed by atoms with Gasteiger partial charge in [-0.2, -0.15) is 0 Å². The molecule has 1 unspecified atom stereocenters. The zero-order chi connectivity index (χ0) is 10.3. The van der Waals surface area contributed by atoms with Crippen molar-refractivity contribution in [2.45, 2.75) is 27.2 Å². The summed E-state index contributed by atoms with van der Waals surface area (Å²) in [6.45, 7) is 6.22. The van der Waals surface area contributed by atoms with Gasteiger partial charge < -0.3 is 0 Å². The van der Waals surface area contributed by atoms with Gasteiger partial charge in [0.2, 0.25) is 0 Å². The standard InChI is InChI=1S/C9H16N2OS/c1-9(2,3)7-5-6-8(11-7)13(4,10)12/h6,10H,5H2,1-4H3. The van der Waals surface area contributed by atoms with Crippen molar-refractivity contribution in [1.82, 2.24) is 0 Å². The number of rotatable bonds is 1. The van der Waals surface area contributed by atoms with Gasteiger partial charge in [-0.3, -0.25) is 0 Å². The Hall–Kier alpha value is -0.640. The van der Waals surface area contributed by atoms with Crippen molar-refractivity contribution >= 4 is 15.4 Å². The highest BCUT2D eigenvalue weighted by Gasteiger charge is 2.23. The molecule has 1 N–H and O–H groups in total. The molecule has 0 saturated heterocycles. The third kappa shape index (κ3) is 2.40. The van der Waals surface area contributed by atoms with Crippen LogP contribution < -0.4 is 0 Å². The van der Waals surface area contributed by atoms with Crippen LogP contribution >= 0.6 is 0 Å². The Morgan fingerprint density at radius 2 is 2.08 bits per heavy atom. The number of aliphatic imine (C=N–C) groups is 1. The van der Waals surface area contributed by atoms with Crippen LogP contribution in [0.5, 0.6) is 0 Å². The van der Waals surface area contributed by atoms with E-state index in [1.165, 1.54) is 6.26 Å². The Labute approximate surface area is 79.9 Å². The summed E-state index contributed by atoms with van der Waals surface area (Å²) in [5, 5.41) is 0.442. The molecule has 0 fully saturated rings. The third-order valence-electron chi connectivity index (χ3n) is 1.98. The first kappa shape index (κ1) is 10.4. The largest absolute Gasteiger partial charge is 0.248 e. The summed E-state index contributed by atoms with van der Waals surface area (Å²) in [6, 6.07) is 0. The van der Waals surface area contributed by atoms with Crippen molar-refractivity contribution in [2.75, 3.05) is 6.26 Å². The average Bonchev–Trinajstić information content (AvgIpc) is 2.28. The maximum atomic E-state index is 11.4. The van der Waals surface area contributed by atoms with Crippen LogP contribution in [0.1, 0.15) is 27.2 Å². The molecule has 1 rings (SSSR count). The van der Waals surface area contributed by atoms with E-state index < -0.39 is 9.73 Å². The molecule has 0 saturated carbocycles. The summed E-state index contributed by atoms with van der Waals surface area (Å²) in [7, 11) is -2.62. The molecule has 0 bridgehead atoms. The van der Waals surface area contributed by atoms with Gasteiger partial charge in [0.05, 0.1) is 9.73 Å². The molecule has 1 aliphatic rings. The van der Waals surface area contributed by atoms with Crippen LogP contribution in [0.25, 0.3) is 0 Å². The third-order valence-corrected chi connectivity index (χ3v) is 3.04. The van der Waals surface area contributed by atoms with Crippen molar-refractivity contribution in [3.63, 3.8) is 0 Å². The van der Waals surface area contributed by atoms with Crippen LogP contribution in [0.4, 0.5) is 0 Å². The van der Waals surface area contributed by atoms with Crippen molar-refractivity contribution in [3.8, 4) is 0 Å². The topological polar surface area (TPSA) is 53.3 Å². The summed E-state index contributed by atoms with van der Waals surface area (Å²) in [5.41, 5.74) is 1.03. The van der Waals surface area contributed by atoms with E-state index in [0.717, 1.165) is 12.1 Å². The van der Waals surface area contributed by atoms with Gasteiger partial charge in [0.25, 0.3) is 0 Å². The second-order valence-electron chi connectivity index (χ2n) is 4.40. The smallest absolute Gasteiger partial charge is 0.131 e. The lowest BCUT2D eigenvalue weighted by Crippen LogP contribution is -2.17. The molecule has 0 aromatic heterocycles. The second kappa shape index (κ2) is 2.94. The molecule has 3 nitrogen and oxygen atoms in total. The van der Waals surface area contributed by atoms with Crippen LogP contribution in [0.2, 0.25) is 0 Å². The van der Waals surface area contributed by atoms with Gasteiger partial charge in [0.15, 0.2) is 0 Å². The van der Waals surface area contributed by atoms with Crippen molar-refractivity contribution in [1.29, 1.82) is 4.78 Å².